The van der Waals surface area contributed by atoms with Gasteiger partial charge in [-0.25, -0.2) is 0 Å². The van der Waals surface area contributed by atoms with Crippen LogP contribution in [0.5, 0.6) is 0 Å². The van der Waals surface area contributed by atoms with Crippen LogP contribution in [0.3, 0.4) is 0 Å². The minimum Gasteiger partial charge on any atom is -0.465 e. The van der Waals surface area contributed by atoms with Gasteiger partial charge in [0, 0.05) is 0 Å². The van der Waals surface area contributed by atoms with Crippen molar-refractivity contribution in [1.82, 2.24) is 5.32 Å². The Bertz CT molecular complexity index is 317. The number of thioether (sulfide) groups is 1. The molecule has 1 aliphatic heterocycles. The summed E-state index contributed by atoms with van der Waals surface area (Å²) >= 11 is 2.09. The van der Waals surface area contributed by atoms with Crippen LogP contribution in [0, 0.1) is 12.8 Å². The molecule has 3 heteroatoms. The Kier molecular flexibility index (Phi) is 4.36. The molecule has 1 fully saturated rings. The molecular weight excluding hydrogens is 218 g/mol. The Hall–Kier alpha value is -0.410. The van der Waals surface area contributed by atoms with E-state index in [1.54, 1.807) is 0 Å². The Balaban J connectivity index is 1.76. The van der Waals surface area contributed by atoms with Crippen LogP contribution in [0.2, 0.25) is 0 Å². The van der Waals surface area contributed by atoms with E-state index in [1.807, 2.05) is 13.0 Å². The van der Waals surface area contributed by atoms with Crippen LogP contribution < -0.4 is 5.32 Å². The van der Waals surface area contributed by atoms with E-state index in [4.69, 9.17) is 4.42 Å². The average Bonchev–Trinajstić information content (AvgIpc) is 2.74. The monoisotopic (exact) mass is 239 g/mol. The Morgan fingerprint density at radius 2 is 2.19 bits per heavy atom. The third-order valence-corrected chi connectivity index (χ3v) is 4.29. The maximum Gasteiger partial charge on any atom is 0.120 e. The topological polar surface area (TPSA) is 25.2 Å². The van der Waals surface area contributed by atoms with Gasteiger partial charge in [-0.15, -0.1) is 0 Å². The van der Waals surface area contributed by atoms with Crippen LogP contribution in [0.15, 0.2) is 16.5 Å². The molecule has 1 aromatic rings. The number of hydrogen-bond donors (Lipinski definition) is 1. The summed E-state index contributed by atoms with van der Waals surface area (Å²) in [5.41, 5.74) is 0. The van der Waals surface area contributed by atoms with Gasteiger partial charge in [0.2, 0.25) is 0 Å². The van der Waals surface area contributed by atoms with E-state index in [0.29, 0.717) is 6.04 Å². The smallest absolute Gasteiger partial charge is 0.120 e. The fraction of sp³-hybridized carbons (Fsp3) is 0.692. The Morgan fingerprint density at radius 3 is 2.81 bits per heavy atom. The summed E-state index contributed by atoms with van der Waals surface area (Å²) in [6.45, 7) is 5.30. The first-order valence-electron chi connectivity index (χ1n) is 6.13. The molecule has 1 atom stereocenters. The van der Waals surface area contributed by atoms with Gasteiger partial charge in [-0.3, -0.25) is 0 Å². The molecule has 2 rings (SSSR count). The van der Waals surface area contributed by atoms with Gasteiger partial charge in [0.25, 0.3) is 0 Å². The predicted octanol–water partition coefficient (Wildman–Crippen LogP) is 3.38. The molecule has 0 aliphatic carbocycles. The minimum atomic E-state index is 0.336. The van der Waals surface area contributed by atoms with Crippen molar-refractivity contribution in [3.63, 3.8) is 0 Å². The first-order valence-corrected chi connectivity index (χ1v) is 7.28. The molecule has 16 heavy (non-hydrogen) atoms. The molecule has 0 bridgehead atoms. The average molecular weight is 239 g/mol. The Morgan fingerprint density at radius 1 is 1.44 bits per heavy atom. The maximum absolute atomic E-state index is 5.62. The number of rotatable bonds is 4. The van der Waals surface area contributed by atoms with Gasteiger partial charge in [-0.2, -0.15) is 11.8 Å². The Labute approximate surface area is 102 Å². The molecule has 2 heterocycles. The number of hydrogen-bond acceptors (Lipinski definition) is 3. The molecular formula is C13H21NOS. The standard InChI is InChI=1S/C13H21NOS/c1-10-3-4-13(15-10)11(2)14-9-12-5-7-16-8-6-12/h3-4,11-12,14H,5-9H2,1-2H3. The third kappa shape index (κ3) is 3.29. The molecule has 0 aromatic carbocycles. The predicted molar refractivity (Wildman–Crippen MR) is 69.9 cm³/mol. The number of aryl methyl sites for hydroxylation is 1. The van der Waals surface area contributed by atoms with E-state index in [0.717, 1.165) is 24.0 Å². The van der Waals surface area contributed by atoms with Crippen molar-refractivity contribution in [3.05, 3.63) is 23.7 Å². The zero-order valence-electron chi connectivity index (χ0n) is 10.2. The van der Waals surface area contributed by atoms with Crippen LogP contribution in [0.4, 0.5) is 0 Å². The van der Waals surface area contributed by atoms with Gasteiger partial charge in [0.15, 0.2) is 0 Å². The zero-order chi connectivity index (χ0) is 11.4. The molecule has 1 unspecified atom stereocenters. The fourth-order valence-corrected chi connectivity index (χ4v) is 3.28. The lowest BCUT2D eigenvalue weighted by atomic mass is 10.0. The van der Waals surface area contributed by atoms with E-state index >= 15 is 0 Å². The molecule has 0 saturated carbocycles. The second kappa shape index (κ2) is 5.78. The van der Waals surface area contributed by atoms with Gasteiger partial charge in [-0.1, -0.05) is 0 Å². The van der Waals surface area contributed by atoms with Crippen LogP contribution in [-0.2, 0) is 0 Å². The summed E-state index contributed by atoms with van der Waals surface area (Å²) in [5, 5.41) is 3.58. The first kappa shape index (κ1) is 12.1. The summed E-state index contributed by atoms with van der Waals surface area (Å²) in [5.74, 6) is 5.58. The van der Waals surface area contributed by atoms with Crippen LogP contribution in [-0.4, -0.2) is 18.1 Å². The largest absolute Gasteiger partial charge is 0.465 e. The van der Waals surface area contributed by atoms with Gasteiger partial charge < -0.3 is 9.73 Å². The molecule has 1 aromatic heterocycles. The van der Waals surface area contributed by atoms with Crippen molar-refractivity contribution in [2.24, 2.45) is 5.92 Å². The highest BCUT2D eigenvalue weighted by molar-refractivity contribution is 7.99. The van der Waals surface area contributed by atoms with Gasteiger partial charge in [-0.05, 0) is 62.8 Å². The van der Waals surface area contributed by atoms with E-state index in [9.17, 15) is 0 Å². The second-order valence-corrected chi connectivity index (χ2v) is 5.86. The highest BCUT2D eigenvalue weighted by atomic mass is 32.2. The lowest BCUT2D eigenvalue weighted by molar-refractivity contribution is 0.375. The normalized spacial score (nSPS) is 19.9. The van der Waals surface area contributed by atoms with Crippen molar-refractivity contribution in [1.29, 1.82) is 0 Å². The SMILES string of the molecule is Cc1ccc(C(C)NCC2CCSCC2)o1. The molecule has 1 aliphatic rings. The van der Waals surface area contributed by atoms with E-state index < -0.39 is 0 Å². The molecule has 1 N–H and O–H groups in total. The number of furan rings is 1. The molecule has 0 amide bonds. The molecule has 1 saturated heterocycles. The highest BCUT2D eigenvalue weighted by Gasteiger charge is 2.15. The highest BCUT2D eigenvalue weighted by Crippen LogP contribution is 2.23. The fourth-order valence-electron chi connectivity index (χ4n) is 2.08. The minimum absolute atomic E-state index is 0.336. The van der Waals surface area contributed by atoms with Crippen molar-refractivity contribution in [2.75, 3.05) is 18.1 Å². The van der Waals surface area contributed by atoms with E-state index in [-0.39, 0.29) is 0 Å². The molecule has 0 radical (unpaired) electrons. The van der Waals surface area contributed by atoms with E-state index in [2.05, 4.69) is 30.1 Å². The van der Waals surface area contributed by atoms with Crippen LogP contribution in [0.25, 0.3) is 0 Å². The lowest BCUT2D eigenvalue weighted by Crippen LogP contribution is -2.27. The molecule has 0 spiro atoms. The van der Waals surface area contributed by atoms with Crippen molar-refractivity contribution < 1.29 is 4.42 Å². The number of nitrogens with one attached hydrogen (secondary N) is 1. The maximum atomic E-state index is 5.62. The van der Waals surface area contributed by atoms with Crippen molar-refractivity contribution in [3.8, 4) is 0 Å². The van der Waals surface area contributed by atoms with Crippen LogP contribution >= 0.6 is 11.8 Å². The van der Waals surface area contributed by atoms with Gasteiger partial charge in [0.1, 0.15) is 11.5 Å². The quantitative estimate of drug-likeness (QED) is 0.872. The first-order chi connectivity index (χ1) is 7.75. The zero-order valence-corrected chi connectivity index (χ0v) is 11.0. The second-order valence-electron chi connectivity index (χ2n) is 4.63. The molecule has 90 valence electrons. The van der Waals surface area contributed by atoms with E-state index in [1.165, 1.54) is 24.3 Å². The van der Waals surface area contributed by atoms with Gasteiger partial charge >= 0.3 is 0 Å². The third-order valence-electron chi connectivity index (χ3n) is 3.24. The summed E-state index contributed by atoms with van der Waals surface area (Å²) in [7, 11) is 0. The summed E-state index contributed by atoms with van der Waals surface area (Å²) < 4.78 is 5.62. The molecule has 2 nitrogen and oxygen atoms in total. The summed E-state index contributed by atoms with van der Waals surface area (Å²) in [6.07, 6.45) is 2.73. The summed E-state index contributed by atoms with van der Waals surface area (Å²) in [6, 6.07) is 4.44. The van der Waals surface area contributed by atoms with Crippen molar-refractivity contribution in [2.45, 2.75) is 32.7 Å². The lowest BCUT2D eigenvalue weighted by Gasteiger charge is -2.23. The summed E-state index contributed by atoms with van der Waals surface area (Å²) in [4.78, 5) is 0. The van der Waals surface area contributed by atoms with Crippen molar-refractivity contribution >= 4 is 11.8 Å². The van der Waals surface area contributed by atoms with Crippen LogP contribution in [0.1, 0.15) is 37.3 Å². The van der Waals surface area contributed by atoms with Gasteiger partial charge in [0.05, 0.1) is 6.04 Å².